The maximum atomic E-state index is 13.5. The molecule has 0 saturated carbocycles. The minimum atomic E-state index is -0.301. The maximum Gasteiger partial charge on any atom is 0.226 e. The molecule has 1 saturated heterocycles. The molecule has 1 aliphatic rings. The Kier molecular flexibility index (Phi) is 5.53. The van der Waals surface area contributed by atoms with Crippen LogP contribution in [0.2, 0.25) is 0 Å². The van der Waals surface area contributed by atoms with E-state index in [2.05, 4.69) is 4.90 Å². The van der Waals surface area contributed by atoms with Crippen LogP contribution in [0.4, 0.5) is 4.39 Å². The van der Waals surface area contributed by atoms with Gasteiger partial charge in [0.1, 0.15) is 5.82 Å². The van der Waals surface area contributed by atoms with Crippen molar-refractivity contribution in [1.82, 2.24) is 9.80 Å². The van der Waals surface area contributed by atoms with Gasteiger partial charge in [0.2, 0.25) is 5.91 Å². The van der Waals surface area contributed by atoms with E-state index in [0.717, 1.165) is 19.6 Å². The second-order valence-electron chi connectivity index (χ2n) is 5.49. The standard InChI is InChI=1S/C16H23FN2O/c1-18(11-12-19-9-5-2-6-10-19)16(20)13-14-7-3-4-8-15(14)17/h3-4,7-8H,2,5-6,9-13H2,1H3. The van der Waals surface area contributed by atoms with Crippen LogP contribution in [0.25, 0.3) is 0 Å². The lowest BCUT2D eigenvalue weighted by atomic mass is 10.1. The minimum Gasteiger partial charge on any atom is -0.344 e. The molecule has 0 radical (unpaired) electrons. The van der Waals surface area contributed by atoms with Crippen LogP contribution in [-0.4, -0.2) is 48.9 Å². The number of piperidine rings is 1. The van der Waals surface area contributed by atoms with Crippen LogP contribution >= 0.6 is 0 Å². The molecule has 0 spiro atoms. The number of amides is 1. The monoisotopic (exact) mass is 278 g/mol. The Bertz CT molecular complexity index is 444. The number of hydrogen-bond donors (Lipinski definition) is 0. The van der Waals surface area contributed by atoms with E-state index in [-0.39, 0.29) is 18.1 Å². The lowest BCUT2D eigenvalue weighted by Crippen LogP contribution is -2.39. The number of hydrogen-bond acceptors (Lipinski definition) is 2. The van der Waals surface area contributed by atoms with E-state index in [1.807, 2.05) is 0 Å². The molecule has 0 unspecified atom stereocenters. The summed E-state index contributed by atoms with van der Waals surface area (Å²) in [4.78, 5) is 16.2. The number of carbonyl (C=O) groups excluding carboxylic acids is 1. The Morgan fingerprint density at radius 2 is 1.95 bits per heavy atom. The summed E-state index contributed by atoms with van der Waals surface area (Å²) >= 11 is 0. The lowest BCUT2D eigenvalue weighted by Gasteiger charge is -2.28. The Morgan fingerprint density at radius 3 is 2.65 bits per heavy atom. The van der Waals surface area contributed by atoms with Gasteiger partial charge >= 0.3 is 0 Å². The zero-order valence-electron chi connectivity index (χ0n) is 12.1. The van der Waals surface area contributed by atoms with Crippen LogP contribution in [0.3, 0.4) is 0 Å². The predicted octanol–water partition coefficient (Wildman–Crippen LogP) is 2.31. The zero-order valence-corrected chi connectivity index (χ0v) is 12.1. The molecule has 1 amide bonds. The zero-order chi connectivity index (χ0) is 14.4. The summed E-state index contributed by atoms with van der Waals surface area (Å²) in [5.41, 5.74) is 0.474. The first kappa shape index (κ1) is 15.0. The molecule has 0 bridgehead atoms. The molecule has 1 heterocycles. The highest BCUT2D eigenvalue weighted by Gasteiger charge is 2.14. The summed E-state index contributed by atoms with van der Waals surface area (Å²) < 4.78 is 13.5. The molecular formula is C16H23FN2O. The Morgan fingerprint density at radius 1 is 1.25 bits per heavy atom. The van der Waals surface area contributed by atoms with Gasteiger partial charge in [-0.25, -0.2) is 4.39 Å². The van der Waals surface area contributed by atoms with Gasteiger partial charge in [0.05, 0.1) is 6.42 Å². The van der Waals surface area contributed by atoms with Crippen molar-refractivity contribution in [2.24, 2.45) is 0 Å². The van der Waals surface area contributed by atoms with Gasteiger partial charge in [0.15, 0.2) is 0 Å². The number of likely N-dealkylation sites (tertiary alicyclic amines) is 1. The third kappa shape index (κ3) is 4.30. The van der Waals surface area contributed by atoms with Crippen LogP contribution in [0.15, 0.2) is 24.3 Å². The van der Waals surface area contributed by atoms with Gasteiger partial charge in [-0.2, -0.15) is 0 Å². The van der Waals surface area contributed by atoms with Gasteiger partial charge in [-0.3, -0.25) is 4.79 Å². The van der Waals surface area contributed by atoms with E-state index in [9.17, 15) is 9.18 Å². The molecule has 3 nitrogen and oxygen atoms in total. The van der Waals surface area contributed by atoms with Crippen molar-refractivity contribution in [3.05, 3.63) is 35.6 Å². The van der Waals surface area contributed by atoms with Crippen molar-refractivity contribution in [2.45, 2.75) is 25.7 Å². The van der Waals surface area contributed by atoms with E-state index >= 15 is 0 Å². The fourth-order valence-corrected chi connectivity index (χ4v) is 2.54. The fraction of sp³-hybridized carbons (Fsp3) is 0.562. The highest BCUT2D eigenvalue weighted by atomic mass is 19.1. The molecule has 1 aliphatic heterocycles. The average molecular weight is 278 g/mol. The first-order valence-corrected chi connectivity index (χ1v) is 7.36. The summed E-state index contributed by atoms with van der Waals surface area (Å²) in [5, 5.41) is 0. The summed E-state index contributed by atoms with van der Waals surface area (Å²) in [6.07, 6.45) is 3.97. The first-order chi connectivity index (χ1) is 9.66. The van der Waals surface area contributed by atoms with Crippen LogP contribution in [0.1, 0.15) is 24.8 Å². The van der Waals surface area contributed by atoms with Crippen molar-refractivity contribution >= 4 is 5.91 Å². The van der Waals surface area contributed by atoms with Crippen molar-refractivity contribution < 1.29 is 9.18 Å². The summed E-state index contributed by atoms with van der Waals surface area (Å²) in [7, 11) is 1.80. The number of rotatable bonds is 5. The maximum absolute atomic E-state index is 13.5. The molecule has 1 aromatic rings. The molecule has 4 heteroatoms. The quantitative estimate of drug-likeness (QED) is 0.825. The highest BCUT2D eigenvalue weighted by Crippen LogP contribution is 2.10. The molecule has 2 rings (SSSR count). The molecule has 1 fully saturated rings. The van der Waals surface area contributed by atoms with E-state index < -0.39 is 0 Å². The number of nitrogens with zero attached hydrogens (tertiary/aromatic N) is 2. The molecular weight excluding hydrogens is 255 g/mol. The normalized spacial score (nSPS) is 16.1. The Labute approximate surface area is 120 Å². The van der Waals surface area contributed by atoms with Gasteiger partial charge < -0.3 is 9.80 Å². The van der Waals surface area contributed by atoms with Crippen molar-refractivity contribution in [3.8, 4) is 0 Å². The van der Waals surface area contributed by atoms with E-state index in [4.69, 9.17) is 0 Å². The lowest BCUT2D eigenvalue weighted by molar-refractivity contribution is -0.129. The second-order valence-corrected chi connectivity index (χ2v) is 5.49. The topological polar surface area (TPSA) is 23.6 Å². The Balaban J connectivity index is 1.78. The first-order valence-electron chi connectivity index (χ1n) is 7.36. The molecule has 0 atom stereocenters. The minimum absolute atomic E-state index is 0.0212. The molecule has 0 aromatic heterocycles. The fourth-order valence-electron chi connectivity index (χ4n) is 2.54. The van der Waals surface area contributed by atoms with Crippen LogP contribution < -0.4 is 0 Å². The van der Waals surface area contributed by atoms with E-state index in [1.54, 1.807) is 30.1 Å². The van der Waals surface area contributed by atoms with E-state index in [1.165, 1.54) is 25.3 Å². The van der Waals surface area contributed by atoms with Gasteiger partial charge in [0.25, 0.3) is 0 Å². The van der Waals surface area contributed by atoms with E-state index in [0.29, 0.717) is 12.1 Å². The van der Waals surface area contributed by atoms with Gasteiger partial charge in [0, 0.05) is 20.1 Å². The largest absolute Gasteiger partial charge is 0.344 e. The molecule has 20 heavy (non-hydrogen) atoms. The van der Waals surface area contributed by atoms with Crippen molar-refractivity contribution in [3.63, 3.8) is 0 Å². The average Bonchev–Trinajstić information content (AvgIpc) is 2.48. The number of likely N-dealkylation sites (N-methyl/N-ethyl adjacent to an activating group) is 1. The van der Waals surface area contributed by atoms with Crippen molar-refractivity contribution in [2.75, 3.05) is 33.2 Å². The SMILES string of the molecule is CN(CCN1CCCCC1)C(=O)Cc1ccccc1F. The third-order valence-electron chi connectivity index (χ3n) is 3.93. The van der Waals surface area contributed by atoms with Crippen LogP contribution in [-0.2, 0) is 11.2 Å². The van der Waals surface area contributed by atoms with Crippen LogP contribution in [0.5, 0.6) is 0 Å². The smallest absolute Gasteiger partial charge is 0.226 e. The van der Waals surface area contributed by atoms with Gasteiger partial charge in [-0.1, -0.05) is 24.6 Å². The molecule has 1 aromatic carbocycles. The van der Waals surface area contributed by atoms with Crippen LogP contribution in [0, 0.1) is 5.82 Å². The Hall–Kier alpha value is -1.42. The predicted molar refractivity (Wildman–Crippen MR) is 78.0 cm³/mol. The number of halogens is 1. The highest BCUT2D eigenvalue weighted by molar-refractivity contribution is 5.78. The molecule has 110 valence electrons. The van der Waals surface area contributed by atoms with Gasteiger partial charge in [-0.05, 0) is 37.6 Å². The number of carbonyl (C=O) groups is 1. The molecule has 0 N–H and O–H groups in total. The summed E-state index contributed by atoms with van der Waals surface area (Å²) in [6.45, 7) is 3.90. The number of benzene rings is 1. The summed E-state index contributed by atoms with van der Waals surface area (Å²) in [5.74, 6) is -0.322. The van der Waals surface area contributed by atoms with Gasteiger partial charge in [-0.15, -0.1) is 0 Å². The third-order valence-corrected chi connectivity index (χ3v) is 3.93. The molecule has 0 aliphatic carbocycles. The second kappa shape index (κ2) is 7.39. The summed E-state index contributed by atoms with van der Waals surface area (Å²) in [6, 6.07) is 6.48. The van der Waals surface area contributed by atoms with Crippen molar-refractivity contribution in [1.29, 1.82) is 0 Å².